The van der Waals surface area contributed by atoms with Crippen LogP contribution in [0, 0.1) is 0 Å². The minimum absolute atomic E-state index is 0.258. The van der Waals surface area contributed by atoms with Crippen LogP contribution in [0.4, 0.5) is 5.95 Å². The van der Waals surface area contributed by atoms with Gasteiger partial charge in [0.1, 0.15) is 5.54 Å². The number of likely N-dealkylation sites (tertiary alicyclic amines) is 2. The summed E-state index contributed by atoms with van der Waals surface area (Å²) in [7, 11) is 0. The van der Waals surface area contributed by atoms with Crippen molar-refractivity contribution in [2.75, 3.05) is 31.1 Å². The van der Waals surface area contributed by atoms with Crippen molar-refractivity contribution in [2.24, 2.45) is 0 Å². The number of rotatable bonds is 4. The maximum Gasteiger partial charge on any atom is 0.243 e. The van der Waals surface area contributed by atoms with Gasteiger partial charge in [0.2, 0.25) is 11.9 Å². The Balaban J connectivity index is 1.30. The van der Waals surface area contributed by atoms with E-state index in [2.05, 4.69) is 24.7 Å². The van der Waals surface area contributed by atoms with Gasteiger partial charge in [0.25, 0.3) is 0 Å². The van der Waals surface area contributed by atoms with E-state index in [4.69, 9.17) is 0 Å². The smallest absolute Gasteiger partial charge is 0.243 e. The predicted octanol–water partition coefficient (Wildman–Crippen LogP) is 2.59. The van der Waals surface area contributed by atoms with Crippen LogP contribution in [-0.4, -0.2) is 63.4 Å². The van der Waals surface area contributed by atoms with Gasteiger partial charge in [-0.25, -0.2) is 9.97 Å². The van der Waals surface area contributed by atoms with Crippen LogP contribution in [0.15, 0.2) is 12.4 Å². The van der Waals surface area contributed by atoms with Crippen molar-refractivity contribution in [1.29, 1.82) is 0 Å². The van der Waals surface area contributed by atoms with E-state index in [0.717, 1.165) is 69.9 Å². The number of carbonyl (C=O) groups excluding carboxylic acids is 1. The number of anilines is 1. The SMILES string of the molecule is O=C1N(C2CC2)CCCC12CCCN2Cc1cnc(N2CCCCC2)nc1. The summed E-state index contributed by atoms with van der Waals surface area (Å²) in [5.41, 5.74) is 0.875. The third-order valence-corrected chi connectivity index (χ3v) is 6.96. The minimum atomic E-state index is -0.258. The van der Waals surface area contributed by atoms with Crippen molar-refractivity contribution >= 4 is 11.9 Å². The molecular weight excluding hydrogens is 338 g/mol. The van der Waals surface area contributed by atoms with Gasteiger partial charge in [0.05, 0.1) is 0 Å². The van der Waals surface area contributed by atoms with E-state index in [-0.39, 0.29) is 5.54 Å². The van der Waals surface area contributed by atoms with Gasteiger partial charge < -0.3 is 9.80 Å². The van der Waals surface area contributed by atoms with Crippen molar-refractivity contribution in [3.8, 4) is 0 Å². The van der Waals surface area contributed by atoms with Gasteiger partial charge in [-0.15, -0.1) is 0 Å². The first-order valence-electron chi connectivity index (χ1n) is 10.9. The Morgan fingerprint density at radius 3 is 2.33 bits per heavy atom. The Kier molecular flexibility index (Phi) is 4.54. The van der Waals surface area contributed by atoms with E-state index >= 15 is 0 Å². The van der Waals surface area contributed by atoms with E-state index in [9.17, 15) is 4.79 Å². The van der Waals surface area contributed by atoms with Crippen LogP contribution < -0.4 is 4.90 Å². The van der Waals surface area contributed by atoms with Gasteiger partial charge in [0, 0.05) is 50.2 Å². The monoisotopic (exact) mass is 369 g/mol. The fourth-order valence-corrected chi connectivity index (χ4v) is 5.35. The zero-order chi connectivity index (χ0) is 18.3. The summed E-state index contributed by atoms with van der Waals surface area (Å²) >= 11 is 0. The number of amides is 1. The van der Waals surface area contributed by atoms with E-state index in [1.54, 1.807) is 0 Å². The second-order valence-corrected chi connectivity index (χ2v) is 8.83. The van der Waals surface area contributed by atoms with Gasteiger partial charge in [0.15, 0.2) is 0 Å². The highest BCUT2D eigenvalue weighted by Crippen LogP contribution is 2.42. The van der Waals surface area contributed by atoms with Crippen LogP contribution in [0.1, 0.15) is 63.4 Å². The van der Waals surface area contributed by atoms with E-state index < -0.39 is 0 Å². The minimum Gasteiger partial charge on any atom is -0.341 e. The number of nitrogens with zero attached hydrogens (tertiary/aromatic N) is 5. The maximum atomic E-state index is 13.3. The second-order valence-electron chi connectivity index (χ2n) is 8.83. The molecule has 1 unspecified atom stereocenters. The molecule has 6 nitrogen and oxygen atoms in total. The van der Waals surface area contributed by atoms with Gasteiger partial charge in [-0.3, -0.25) is 9.69 Å². The molecule has 0 radical (unpaired) electrons. The molecule has 5 rings (SSSR count). The Morgan fingerprint density at radius 1 is 0.926 bits per heavy atom. The third-order valence-electron chi connectivity index (χ3n) is 6.96. The van der Waals surface area contributed by atoms with Crippen LogP contribution in [0.5, 0.6) is 0 Å². The Hall–Kier alpha value is -1.69. The molecule has 3 saturated heterocycles. The van der Waals surface area contributed by atoms with Gasteiger partial charge >= 0.3 is 0 Å². The molecule has 146 valence electrons. The molecule has 1 saturated carbocycles. The molecule has 1 aromatic heterocycles. The summed E-state index contributed by atoms with van der Waals surface area (Å²) in [6, 6.07) is 0.532. The number of aromatic nitrogens is 2. The molecule has 0 N–H and O–H groups in total. The molecule has 1 amide bonds. The Bertz CT molecular complexity index is 682. The largest absolute Gasteiger partial charge is 0.341 e. The summed E-state index contributed by atoms with van der Waals surface area (Å²) in [4.78, 5) is 29.5. The fraction of sp³-hybridized carbons (Fsp3) is 0.762. The number of carbonyl (C=O) groups is 1. The lowest BCUT2D eigenvalue weighted by Gasteiger charge is -2.45. The summed E-state index contributed by atoms with van der Waals surface area (Å²) in [5, 5.41) is 0. The molecule has 3 aliphatic heterocycles. The Labute approximate surface area is 161 Å². The van der Waals surface area contributed by atoms with E-state index in [0.29, 0.717) is 11.9 Å². The van der Waals surface area contributed by atoms with Crippen LogP contribution in [0.3, 0.4) is 0 Å². The molecular formula is C21H31N5O. The third kappa shape index (κ3) is 3.22. The maximum absolute atomic E-state index is 13.3. The van der Waals surface area contributed by atoms with E-state index in [1.165, 1.54) is 32.1 Å². The zero-order valence-corrected chi connectivity index (χ0v) is 16.3. The summed E-state index contributed by atoms with van der Waals surface area (Å²) in [5.74, 6) is 1.27. The highest BCUT2D eigenvalue weighted by molar-refractivity contribution is 5.88. The van der Waals surface area contributed by atoms with Crippen molar-refractivity contribution in [3.05, 3.63) is 18.0 Å². The molecule has 0 bridgehead atoms. The van der Waals surface area contributed by atoms with Crippen molar-refractivity contribution in [2.45, 2.75) is 75.9 Å². The summed E-state index contributed by atoms with van der Waals surface area (Å²) in [6.45, 7) is 4.91. The average Bonchev–Trinajstić information content (AvgIpc) is 3.48. The highest BCUT2D eigenvalue weighted by atomic mass is 16.2. The van der Waals surface area contributed by atoms with Crippen molar-refractivity contribution in [1.82, 2.24) is 19.8 Å². The normalized spacial score (nSPS) is 29.7. The first-order valence-corrected chi connectivity index (χ1v) is 10.9. The van der Waals surface area contributed by atoms with Gasteiger partial charge in [-0.1, -0.05) is 0 Å². The molecule has 27 heavy (non-hydrogen) atoms. The lowest BCUT2D eigenvalue weighted by atomic mass is 9.85. The first kappa shape index (κ1) is 17.4. The predicted molar refractivity (Wildman–Crippen MR) is 104 cm³/mol. The Morgan fingerprint density at radius 2 is 1.63 bits per heavy atom. The number of hydrogen-bond acceptors (Lipinski definition) is 5. The van der Waals surface area contributed by atoms with Crippen LogP contribution in [0.25, 0.3) is 0 Å². The molecule has 6 heteroatoms. The molecule has 4 aliphatic rings. The molecule has 4 heterocycles. The lowest BCUT2D eigenvalue weighted by molar-refractivity contribution is -0.148. The van der Waals surface area contributed by atoms with Crippen LogP contribution >= 0.6 is 0 Å². The van der Waals surface area contributed by atoms with E-state index in [1.807, 2.05) is 12.4 Å². The second kappa shape index (κ2) is 7.04. The zero-order valence-electron chi connectivity index (χ0n) is 16.3. The number of piperidine rings is 2. The lowest BCUT2D eigenvalue weighted by Crippen LogP contribution is -2.60. The molecule has 1 aromatic rings. The van der Waals surface area contributed by atoms with Crippen molar-refractivity contribution in [3.63, 3.8) is 0 Å². The van der Waals surface area contributed by atoms with Gasteiger partial charge in [-0.2, -0.15) is 0 Å². The molecule has 1 aliphatic carbocycles. The standard InChI is InChI=1S/C21H31N5O/c27-19-21(9-5-13-26(19)18-6-7-18)8-4-12-25(21)16-17-14-22-20(23-15-17)24-10-2-1-3-11-24/h14-15,18H,1-13,16H2. The summed E-state index contributed by atoms with van der Waals surface area (Å²) in [6.07, 6.45) is 14.5. The first-order chi connectivity index (χ1) is 13.3. The molecule has 4 fully saturated rings. The van der Waals surface area contributed by atoms with Crippen LogP contribution in [0.2, 0.25) is 0 Å². The highest BCUT2D eigenvalue weighted by Gasteiger charge is 2.52. The molecule has 1 spiro atoms. The average molecular weight is 370 g/mol. The summed E-state index contributed by atoms with van der Waals surface area (Å²) < 4.78 is 0. The topological polar surface area (TPSA) is 52.6 Å². The molecule has 0 aromatic carbocycles. The molecule has 1 atom stereocenters. The fourth-order valence-electron chi connectivity index (χ4n) is 5.35. The number of hydrogen-bond donors (Lipinski definition) is 0. The quantitative estimate of drug-likeness (QED) is 0.816. The van der Waals surface area contributed by atoms with Gasteiger partial charge in [-0.05, 0) is 64.3 Å². The van der Waals surface area contributed by atoms with Crippen molar-refractivity contribution < 1.29 is 4.79 Å². The van der Waals surface area contributed by atoms with Crippen LogP contribution in [-0.2, 0) is 11.3 Å².